The van der Waals surface area contributed by atoms with Crippen LogP contribution in [0.15, 0.2) is 18.2 Å². The number of piperazine rings is 1. The highest BCUT2D eigenvalue weighted by atomic mass is 16.6. The second-order valence-electron chi connectivity index (χ2n) is 6.51. The zero-order chi connectivity index (χ0) is 17.1. The van der Waals surface area contributed by atoms with Crippen molar-refractivity contribution in [2.45, 2.75) is 12.6 Å². The molecule has 0 saturated carbocycles. The molecule has 0 unspecified atom stereocenters. The maximum absolute atomic E-state index is 12.5. The molecule has 2 saturated heterocycles. The molecular weight excluding hydrogens is 324 g/mol. The number of benzene rings is 1. The van der Waals surface area contributed by atoms with Gasteiger partial charge in [0.1, 0.15) is 13.2 Å². The maximum atomic E-state index is 12.5. The molecule has 7 nitrogen and oxygen atoms in total. The number of nitrogens with zero attached hydrogens (tertiary/aromatic N) is 2. The van der Waals surface area contributed by atoms with Crippen molar-refractivity contribution < 1.29 is 23.7 Å². The van der Waals surface area contributed by atoms with Crippen molar-refractivity contribution in [2.24, 2.45) is 0 Å². The highest BCUT2D eigenvalue weighted by molar-refractivity contribution is 5.81. The van der Waals surface area contributed by atoms with Gasteiger partial charge in [0.05, 0.1) is 19.8 Å². The van der Waals surface area contributed by atoms with E-state index in [0.29, 0.717) is 33.0 Å². The normalized spacial score (nSPS) is 24.2. The Kier molecular flexibility index (Phi) is 5.05. The lowest BCUT2D eigenvalue weighted by Crippen LogP contribution is -2.53. The van der Waals surface area contributed by atoms with Gasteiger partial charge in [-0.15, -0.1) is 0 Å². The molecule has 0 radical (unpaired) electrons. The van der Waals surface area contributed by atoms with Gasteiger partial charge in [0.15, 0.2) is 17.6 Å². The Morgan fingerprint density at radius 2 is 1.80 bits per heavy atom. The molecule has 3 aliphatic heterocycles. The van der Waals surface area contributed by atoms with E-state index in [9.17, 15) is 4.79 Å². The van der Waals surface area contributed by atoms with E-state index in [1.54, 1.807) is 0 Å². The molecule has 0 spiro atoms. The Morgan fingerprint density at radius 3 is 2.56 bits per heavy atom. The van der Waals surface area contributed by atoms with Crippen LogP contribution >= 0.6 is 0 Å². The van der Waals surface area contributed by atoms with Crippen molar-refractivity contribution in [2.75, 3.05) is 59.2 Å². The van der Waals surface area contributed by atoms with E-state index in [1.807, 2.05) is 11.0 Å². The monoisotopic (exact) mass is 348 g/mol. The molecule has 0 bridgehead atoms. The van der Waals surface area contributed by atoms with Crippen LogP contribution in [0.4, 0.5) is 0 Å². The molecule has 7 heteroatoms. The molecule has 0 aromatic heterocycles. The zero-order valence-electron chi connectivity index (χ0n) is 14.3. The van der Waals surface area contributed by atoms with Crippen LogP contribution in [0.5, 0.6) is 11.5 Å². The first-order valence-electron chi connectivity index (χ1n) is 8.88. The van der Waals surface area contributed by atoms with Crippen LogP contribution in [-0.2, 0) is 20.8 Å². The third-order valence-corrected chi connectivity index (χ3v) is 4.79. The summed E-state index contributed by atoms with van der Waals surface area (Å²) in [6, 6.07) is 6.11. The third kappa shape index (κ3) is 3.89. The predicted octanol–water partition coefficient (Wildman–Crippen LogP) is 0.517. The number of carbonyl (C=O) groups excluding carboxylic acids is 1. The van der Waals surface area contributed by atoms with Crippen LogP contribution < -0.4 is 9.47 Å². The summed E-state index contributed by atoms with van der Waals surface area (Å²) in [5.41, 5.74) is 1.20. The fourth-order valence-electron chi connectivity index (χ4n) is 3.40. The molecule has 1 amide bonds. The topological polar surface area (TPSA) is 60.5 Å². The molecule has 1 aromatic rings. The standard InChI is InChI=1S/C18H24N2O5/c21-18(17-13-22-7-8-25-17)20-5-3-19(4-6-20)12-14-1-2-15-16(11-14)24-10-9-23-15/h1-2,11,17H,3-10,12-13H2/t17-/m1/s1. The molecule has 0 N–H and O–H groups in total. The minimum absolute atomic E-state index is 0.0543. The molecule has 25 heavy (non-hydrogen) atoms. The fraction of sp³-hybridized carbons (Fsp3) is 0.611. The SMILES string of the molecule is O=C([C@H]1COCCO1)N1CCN(Cc2ccc3c(c2)OCCO3)CC1. The van der Waals surface area contributed by atoms with Crippen LogP contribution in [0.25, 0.3) is 0 Å². The average Bonchev–Trinajstić information content (AvgIpc) is 2.69. The van der Waals surface area contributed by atoms with Gasteiger partial charge in [0.25, 0.3) is 5.91 Å². The van der Waals surface area contributed by atoms with Crippen molar-refractivity contribution in [1.82, 2.24) is 9.80 Å². The molecule has 3 heterocycles. The summed E-state index contributed by atoms with van der Waals surface area (Å²) in [4.78, 5) is 16.7. The van der Waals surface area contributed by atoms with Gasteiger partial charge in [0, 0.05) is 32.7 Å². The van der Waals surface area contributed by atoms with Crippen molar-refractivity contribution in [1.29, 1.82) is 0 Å². The summed E-state index contributed by atoms with van der Waals surface area (Å²) in [5, 5.41) is 0. The van der Waals surface area contributed by atoms with Gasteiger partial charge in [-0.25, -0.2) is 0 Å². The molecule has 136 valence electrons. The zero-order valence-corrected chi connectivity index (χ0v) is 14.3. The minimum Gasteiger partial charge on any atom is -0.486 e. The lowest BCUT2D eigenvalue weighted by atomic mass is 10.1. The highest BCUT2D eigenvalue weighted by Crippen LogP contribution is 2.31. The van der Waals surface area contributed by atoms with E-state index in [0.717, 1.165) is 44.2 Å². The molecule has 1 aromatic carbocycles. The summed E-state index contributed by atoms with van der Waals surface area (Å²) in [7, 11) is 0. The van der Waals surface area contributed by atoms with Gasteiger partial charge in [-0.3, -0.25) is 9.69 Å². The predicted molar refractivity (Wildman–Crippen MR) is 89.8 cm³/mol. The molecule has 3 aliphatic rings. The number of ether oxygens (including phenoxy) is 4. The third-order valence-electron chi connectivity index (χ3n) is 4.79. The van der Waals surface area contributed by atoms with E-state index < -0.39 is 6.10 Å². The Labute approximate surface area is 147 Å². The van der Waals surface area contributed by atoms with Gasteiger partial charge >= 0.3 is 0 Å². The van der Waals surface area contributed by atoms with Crippen LogP contribution in [0, 0.1) is 0 Å². The van der Waals surface area contributed by atoms with Crippen LogP contribution in [0.3, 0.4) is 0 Å². The molecule has 0 aliphatic carbocycles. The fourth-order valence-corrected chi connectivity index (χ4v) is 3.40. The summed E-state index contributed by atoms with van der Waals surface area (Å²) in [5.74, 6) is 1.70. The van der Waals surface area contributed by atoms with Crippen molar-refractivity contribution in [3.63, 3.8) is 0 Å². The van der Waals surface area contributed by atoms with E-state index in [-0.39, 0.29) is 5.91 Å². The van der Waals surface area contributed by atoms with Crippen LogP contribution in [0.2, 0.25) is 0 Å². The van der Waals surface area contributed by atoms with E-state index >= 15 is 0 Å². The smallest absolute Gasteiger partial charge is 0.254 e. The number of hydrogen-bond acceptors (Lipinski definition) is 6. The minimum atomic E-state index is -0.432. The first kappa shape index (κ1) is 16.6. The summed E-state index contributed by atoms with van der Waals surface area (Å²) < 4.78 is 22.1. The highest BCUT2D eigenvalue weighted by Gasteiger charge is 2.29. The van der Waals surface area contributed by atoms with Crippen LogP contribution in [-0.4, -0.2) is 81.0 Å². The van der Waals surface area contributed by atoms with Crippen molar-refractivity contribution in [3.8, 4) is 11.5 Å². The largest absolute Gasteiger partial charge is 0.486 e. The lowest BCUT2D eigenvalue weighted by Gasteiger charge is -2.37. The first-order chi connectivity index (χ1) is 12.3. The summed E-state index contributed by atoms with van der Waals surface area (Å²) >= 11 is 0. The van der Waals surface area contributed by atoms with Crippen LogP contribution in [0.1, 0.15) is 5.56 Å². The number of hydrogen-bond donors (Lipinski definition) is 0. The van der Waals surface area contributed by atoms with Crippen molar-refractivity contribution >= 4 is 5.91 Å². The van der Waals surface area contributed by atoms with Gasteiger partial charge < -0.3 is 23.8 Å². The Balaban J connectivity index is 1.29. The average molecular weight is 348 g/mol. The Hall–Kier alpha value is -1.83. The van der Waals surface area contributed by atoms with Crippen molar-refractivity contribution in [3.05, 3.63) is 23.8 Å². The van der Waals surface area contributed by atoms with E-state index in [2.05, 4.69) is 17.0 Å². The number of amides is 1. The second-order valence-corrected chi connectivity index (χ2v) is 6.51. The number of carbonyl (C=O) groups is 1. The summed E-state index contributed by atoms with van der Waals surface area (Å²) in [6.45, 7) is 6.67. The van der Waals surface area contributed by atoms with Gasteiger partial charge in [-0.1, -0.05) is 6.07 Å². The quantitative estimate of drug-likeness (QED) is 0.794. The lowest BCUT2D eigenvalue weighted by molar-refractivity contribution is -0.159. The molecule has 2 fully saturated rings. The Bertz CT molecular complexity index is 609. The maximum Gasteiger partial charge on any atom is 0.254 e. The Morgan fingerprint density at radius 1 is 1.00 bits per heavy atom. The summed E-state index contributed by atoms with van der Waals surface area (Å²) in [6.07, 6.45) is -0.432. The molecule has 1 atom stereocenters. The van der Waals surface area contributed by atoms with Gasteiger partial charge in [-0.05, 0) is 17.7 Å². The first-order valence-corrected chi connectivity index (χ1v) is 8.88. The van der Waals surface area contributed by atoms with E-state index in [1.165, 1.54) is 5.56 Å². The molecular formula is C18H24N2O5. The second kappa shape index (κ2) is 7.59. The van der Waals surface area contributed by atoms with Gasteiger partial charge in [-0.2, -0.15) is 0 Å². The number of fused-ring (bicyclic) bond motifs is 1. The van der Waals surface area contributed by atoms with E-state index in [4.69, 9.17) is 18.9 Å². The molecule has 4 rings (SSSR count). The number of rotatable bonds is 3. The van der Waals surface area contributed by atoms with Gasteiger partial charge in [0.2, 0.25) is 0 Å².